The Balaban J connectivity index is 2.20. The molecule has 2 radical (unpaired) electrons. The molecule has 0 unspecified atom stereocenters. The summed E-state index contributed by atoms with van der Waals surface area (Å²) in [5.41, 5.74) is -7.35. The van der Waals surface area contributed by atoms with Gasteiger partial charge in [-0.1, -0.05) is 0 Å². The molecule has 0 aliphatic heterocycles. The summed E-state index contributed by atoms with van der Waals surface area (Å²) in [5, 5.41) is 28.0. The van der Waals surface area contributed by atoms with E-state index in [0.29, 0.717) is 6.07 Å². The molecule has 1 N–H and O–H groups in total. The van der Waals surface area contributed by atoms with Gasteiger partial charge in [-0.2, -0.15) is 28.1 Å². The van der Waals surface area contributed by atoms with Crippen LogP contribution in [0.1, 0.15) is 22.3 Å². The molecule has 2 aromatic carbocycles. The number of fused-ring (bicyclic) bond motifs is 1. The number of ether oxygens (including phenoxy) is 1. The van der Waals surface area contributed by atoms with Gasteiger partial charge in [0.15, 0.2) is 0 Å². The van der Waals surface area contributed by atoms with Crippen molar-refractivity contribution in [1.29, 1.82) is 10.5 Å². The number of aliphatic hydroxyl groups is 1. The number of nitriles is 2. The highest BCUT2D eigenvalue weighted by Gasteiger charge is 2.74. The Hall–Kier alpha value is -3.11. The predicted octanol–water partition coefficient (Wildman–Crippen LogP) is 3.42. The molecule has 0 heterocycles. The molecule has 27 heavy (non-hydrogen) atoms. The Kier molecular flexibility index (Phi) is 3.94. The normalized spacial score (nSPS) is 21.8. The van der Waals surface area contributed by atoms with E-state index < -0.39 is 45.6 Å². The van der Waals surface area contributed by atoms with Crippen LogP contribution in [-0.4, -0.2) is 18.9 Å². The van der Waals surface area contributed by atoms with Crippen LogP contribution >= 0.6 is 0 Å². The first-order valence-electron chi connectivity index (χ1n) is 7.21. The predicted molar refractivity (Wildman–Crippen MR) is 80.8 cm³/mol. The highest BCUT2D eigenvalue weighted by Crippen LogP contribution is 2.60. The maximum atomic E-state index is 14.0. The van der Waals surface area contributed by atoms with Crippen LogP contribution in [0.2, 0.25) is 0 Å². The number of rotatable bonds is 2. The van der Waals surface area contributed by atoms with Gasteiger partial charge >= 0.3 is 11.8 Å². The molecule has 0 saturated carbocycles. The van der Waals surface area contributed by atoms with Gasteiger partial charge in [0.05, 0.1) is 11.6 Å². The minimum Gasteiger partial charge on any atom is -0.456 e. The highest BCUT2D eigenvalue weighted by atomic mass is 19.3. The molecule has 134 valence electrons. The van der Waals surface area contributed by atoms with Crippen molar-refractivity contribution in [3.8, 4) is 23.6 Å². The fraction of sp³-hybridized carbons (Fsp3) is 0.176. The van der Waals surface area contributed by atoms with E-state index in [0.717, 1.165) is 24.3 Å². The summed E-state index contributed by atoms with van der Waals surface area (Å²) in [4.78, 5) is 0. The topological polar surface area (TPSA) is 77.0 Å². The van der Waals surface area contributed by atoms with Crippen LogP contribution in [0.3, 0.4) is 0 Å². The Morgan fingerprint density at radius 2 is 1.70 bits per heavy atom. The second kappa shape index (κ2) is 5.70. The Morgan fingerprint density at radius 3 is 2.30 bits per heavy atom. The summed E-state index contributed by atoms with van der Waals surface area (Å²) in [6, 6.07) is 7.18. The lowest BCUT2D eigenvalue weighted by Crippen LogP contribution is -2.49. The SMILES string of the molecule is [B][C@]1(O)c2c(ccc(Oc3cc(F)cc(C#N)c3)c2C#N)C(F)(F)C1(F)F. The number of alkyl halides is 4. The summed E-state index contributed by atoms with van der Waals surface area (Å²) in [6.07, 6.45) is 0. The van der Waals surface area contributed by atoms with Crippen molar-refractivity contribution < 1.29 is 31.8 Å². The van der Waals surface area contributed by atoms with Gasteiger partial charge in [-0.15, -0.1) is 0 Å². The number of hydrogen-bond acceptors (Lipinski definition) is 4. The lowest BCUT2D eigenvalue weighted by molar-refractivity contribution is -0.260. The largest absolute Gasteiger partial charge is 0.456 e. The van der Waals surface area contributed by atoms with Gasteiger partial charge in [0, 0.05) is 17.2 Å². The second-order valence-electron chi connectivity index (χ2n) is 5.78. The first-order chi connectivity index (χ1) is 12.5. The van der Waals surface area contributed by atoms with E-state index in [9.17, 15) is 32.3 Å². The van der Waals surface area contributed by atoms with Gasteiger partial charge in [0.2, 0.25) is 0 Å². The molecule has 0 spiro atoms. The molecule has 0 saturated heterocycles. The van der Waals surface area contributed by atoms with E-state index in [1.807, 2.05) is 0 Å². The van der Waals surface area contributed by atoms with Crippen LogP contribution in [0.25, 0.3) is 0 Å². The molecule has 1 aliphatic rings. The zero-order valence-corrected chi connectivity index (χ0v) is 13.1. The highest BCUT2D eigenvalue weighted by molar-refractivity contribution is 6.16. The maximum absolute atomic E-state index is 14.0. The lowest BCUT2D eigenvalue weighted by Gasteiger charge is -2.29. The molecule has 0 bridgehead atoms. The van der Waals surface area contributed by atoms with E-state index in [1.54, 1.807) is 6.07 Å². The minimum absolute atomic E-state index is 0.141. The van der Waals surface area contributed by atoms with Gasteiger partial charge in [-0.3, -0.25) is 0 Å². The maximum Gasteiger partial charge on any atom is 0.338 e. The van der Waals surface area contributed by atoms with Crippen molar-refractivity contribution in [1.82, 2.24) is 0 Å². The van der Waals surface area contributed by atoms with E-state index in [2.05, 4.69) is 0 Å². The first-order valence-corrected chi connectivity index (χ1v) is 7.21. The van der Waals surface area contributed by atoms with Gasteiger partial charge in [0.25, 0.3) is 0 Å². The van der Waals surface area contributed by atoms with E-state index in [-0.39, 0.29) is 11.3 Å². The van der Waals surface area contributed by atoms with Crippen LogP contribution in [0.4, 0.5) is 22.0 Å². The Bertz CT molecular complexity index is 1040. The molecule has 0 amide bonds. The molecule has 4 nitrogen and oxygen atoms in total. The van der Waals surface area contributed by atoms with Crippen molar-refractivity contribution in [2.45, 2.75) is 17.3 Å². The van der Waals surface area contributed by atoms with Crippen molar-refractivity contribution in [3.05, 3.63) is 58.4 Å². The Morgan fingerprint density at radius 1 is 1.04 bits per heavy atom. The fourth-order valence-electron chi connectivity index (χ4n) is 2.82. The molecule has 10 heteroatoms. The van der Waals surface area contributed by atoms with Crippen LogP contribution in [0.15, 0.2) is 30.3 Å². The molecule has 0 aromatic heterocycles. The van der Waals surface area contributed by atoms with Gasteiger partial charge in [-0.25, -0.2) is 4.39 Å². The van der Waals surface area contributed by atoms with Crippen LogP contribution in [-0.2, 0) is 11.4 Å². The van der Waals surface area contributed by atoms with Crippen molar-refractivity contribution in [3.63, 3.8) is 0 Å². The summed E-state index contributed by atoms with van der Waals surface area (Å²) in [5.74, 6) is -11.6. The zero-order valence-electron chi connectivity index (χ0n) is 13.1. The quantitative estimate of drug-likeness (QED) is 0.644. The first kappa shape index (κ1) is 18.7. The van der Waals surface area contributed by atoms with Gasteiger partial charge in [-0.05, 0) is 24.3 Å². The summed E-state index contributed by atoms with van der Waals surface area (Å²) < 4.78 is 74.6. The van der Waals surface area contributed by atoms with E-state index in [1.165, 1.54) is 6.07 Å². The summed E-state index contributed by atoms with van der Waals surface area (Å²) in [6.45, 7) is 0. The third kappa shape index (κ3) is 2.45. The third-order valence-electron chi connectivity index (χ3n) is 4.10. The summed E-state index contributed by atoms with van der Waals surface area (Å²) >= 11 is 0. The summed E-state index contributed by atoms with van der Waals surface area (Å²) in [7, 11) is 5.07. The number of nitrogens with zero attached hydrogens (tertiary/aromatic N) is 2. The van der Waals surface area contributed by atoms with Crippen molar-refractivity contribution in [2.24, 2.45) is 0 Å². The second-order valence-corrected chi connectivity index (χ2v) is 5.78. The number of halogens is 5. The van der Waals surface area contributed by atoms with E-state index >= 15 is 0 Å². The monoisotopic (exact) mass is 376 g/mol. The molecule has 1 aliphatic carbocycles. The third-order valence-corrected chi connectivity index (χ3v) is 4.10. The zero-order chi connectivity index (χ0) is 20.2. The van der Waals surface area contributed by atoms with Crippen LogP contribution in [0, 0.1) is 28.5 Å². The smallest absolute Gasteiger partial charge is 0.338 e. The molecule has 0 fully saturated rings. The molecule has 2 aromatic rings. The molecule has 1 atom stereocenters. The standard InChI is InChI=1S/C17H6BF5N2O2/c18-15(26)14-11(7-25)13(2-1-12(14)16(20,21)17(15,22)23)27-10-4-8(6-24)3-9(19)5-10/h1-5,26H/t15-/m0/s1. The van der Waals surface area contributed by atoms with Crippen LogP contribution in [0.5, 0.6) is 11.5 Å². The lowest BCUT2D eigenvalue weighted by atomic mass is 9.73. The van der Waals surface area contributed by atoms with E-state index in [4.69, 9.17) is 17.8 Å². The van der Waals surface area contributed by atoms with Gasteiger partial charge < -0.3 is 9.84 Å². The average molecular weight is 376 g/mol. The number of benzene rings is 2. The Labute approximate surface area is 150 Å². The van der Waals surface area contributed by atoms with Crippen molar-refractivity contribution in [2.75, 3.05) is 0 Å². The fourth-order valence-corrected chi connectivity index (χ4v) is 2.82. The van der Waals surface area contributed by atoms with Crippen LogP contribution < -0.4 is 4.74 Å². The molecule has 3 rings (SSSR count). The molecular weight excluding hydrogens is 370 g/mol. The van der Waals surface area contributed by atoms with Gasteiger partial charge in [0.1, 0.15) is 42.3 Å². The minimum atomic E-state index is -5.08. The number of hydrogen-bond donors (Lipinski definition) is 1. The molecular formula is C17H6BF5N2O2. The van der Waals surface area contributed by atoms with Crippen molar-refractivity contribution >= 4 is 7.85 Å². The average Bonchev–Trinajstić information content (AvgIpc) is 2.69.